The van der Waals surface area contributed by atoms with Crippen molar-refractivity contribution in [2.75, 3.05) is 0 Å². The van der Waals surface area contributed by atoms with Gasteiger partial charge in [-0.15, -0.1) is 0 Å². The maximum Gasteiger partial charge on any atom is 0.146 e. The van der Waals surface area contributed by atoms with Crippen LogP contribution in [-0.2, 0) is 0 Å². The van der Waals surface area contributed by atoms with Crippen molar-refractivity contribution in [1.82, 2.24) is 10.4 Å². The van der Waals surface area contributed by atoms with Gasteiger partial charge in [0.2, 0.25) is 0 Å². The zero-order valence-corrected chi connectivity index (χ0v) is 10.8. The zero-order valence-electron chi connectivity index (χ0n) is 9.20. The highest BCUT2D eigenvalue weighted by Crippen LogP contribution is 2.26. The van der Waals surface area contributed by atoms with Crippen molar-refractivity contribution in [2.24, 2.45) is 5.84 Å². The van der Waals surface area contributed by atoms with E-state index in [-0.39, 0.29) is 0 Å². The molecule has 2 aromatic rings. The van der Waals surface area contributed by atoms with E-state index < -0.39 is 17.7 Å². The lowest BCUT2D eigenvalue weighted by Crippen LogP contribution is -2.29. The molecule has 1 unspecified atom stereocenters. The first-order valence-corrected chi connectivity index (χ1v) is 5.92. The van der Waals surface area contributed by atoms with Crippen LogP contribution >= 0.6 is 15.9 Å². The Morgan fingerprint density at radius 3 is 2.67 bits per heavy atom. The van der Waals surface area contributed by atoms with E-state index in [0.717, 1.165) is 6.20 Å². The Morgan fingerprint density at radius 1 is 1.28 bits per heavy atom. The summed E-state index contributed by atoms with van der Waals surface area (Å²) in [5.41, 5.74) is 3.31. The highest BCUT2D eigenvalue weighted by atomic mass is 79.9. The van der Waals surface area contributed by atoms with Crippen LogP contribution in [0.1, 0.15) is 17.2 Å². The summed E-state index contributed by atoms with van der Waals surface area (Å²) in [6.07, 6.45) is 2.55. The first-order valence-electron chi connectivity index (χ1n) is 5.13. The van der Waals surface area contributed by atoms with Crippen LogP contribution in [0.25, 0.3) is 0 Å². The first kappa shape index (κ1) is 13.1. The molecule has 3 nitrogen and oxygen atoms in total. The molecule has 0 spiro atoms. The average Bonchev–Trinajstić information content (AvgIpc) is 2.31. The van der Waals surface area contributed by atoms with Crippen molar-refractivity contribution in [3.05, 3.63) is 63.9 Å². The Hall–Kier alpha value is -1.37. The molecule has 18 heavy (non-hydrogen) atoms. The second-order valence-electron chi connectivity index (χ2n) is 3.70. The molecule has 0 fully saturated rings. The number of halogens is 3. The van der Waals surface area contributed by atoms with E-state index in [9.17, 15) is 8.78 Å². The molecule has 0 radical (unpaired) electrons. The van der Waals surface area contributed by atoms with Gasteiger partial charge >= 0.3 is 0 Å². The fraction of sp³-hybridized carbons (Fsp3) is 0.0833. The second kappa shape index (κ2) is 5.51. The van der Waals surface area contributed by atoms with Gasteiger partial charge in [-0.1, -0.05) is 15.9 Å². The maximum absolute atomic E-state index is 13.6. The monoisotopic (exact) mass is 313 g/mol. The second-order valence-corrected chi connectivity index (χ2v) is 4.62. The minimum atomic E-state index is -0.639. The Kier molecular flexibility index (Phi) is 4.00. The molecule has 1 heterocycles. The van der Waals surface area contributed by atoms with Crippen LogP contribution in [0.3, 0.4) is 0 Å². The molecule has 1 aromatic heterocycles. The van der Waals surface area contributed by atoms with Gasteiger partial charge in [0.1, 0.15) is 11.6 Å². The van der Waals surface area contributed by atoms with Crippen molar-refractivity contribution in [3.63, 3.8) is 0 Å². The molecule has 94 valence electrons. The largest absolute Gasteiger partial charge is 0.271 e. The molecule has 3 N–H and O–H groups in total. The molecule has 2 rings (SSSR count). The number of nitrogens with one attached hydrogen (secondary N) is 1. The van der Waals surface area contributed by atoms with Gasteiger partial charge in [-0.05, 0) is 29.8 Å². The highest BCUT2D eigenvalue weighted by molar-refractivity contribution is 9.10. The third kappa shape index (κ3) is 2.72. The SMILES string of the molecule is NNC(c1cc(F)cc(Br)c1)c1ccncc1F. The summed E-state index contributed by atoms with van der Waals surface area (Å²) >= 11 is 3.19. The fourth-order valence-electron chi connectivity index (χ4n) is 1.73. The average molecular weight is 314 g/mol. The smallest absolute Gasteiger partial charge is 0.146 e. The van der Waals surface area contributed by atoms with Gasteiger partial charge in [0.25, 0.3) is 0 Å². The molecule has 6 heteroatoms. The number of rotatable bonds is 3. The maximum atomic E-state index is 13.6. The van der Waals surface area contributed by atoms with Crippen LogP contribution in [0.2, 0.25) is 0 Å². The number of benzene rings is 1. The van der Waals surface area contributed by atoms with Gasteiger partial charge < -0.3 is 0 Å². The summed E-state index contributed by atoms with van der Waals surface area (Å²) in [5, 5.41) is 0. The first-order chi connectivity index (χ1) is 8.61. The molecule has 0 saturated carbocycles. The molecule has 0 bridgehead atoms. The fourth-order valence-corrected chi connectivity index (χ4v) is 2.21. The third-order valence-corrected chi connectivity index (χ3v) is 2.96. The van der Waals surface area contributed by atoms with Gasteiger partial charge in [0, 0.05) is 16.2 Å². The minimum Gasteiger partial charge on any atom is -0.271 e. The predicted octanol–water partition coefficient (Wildman–Crippen LogP) is 2.68. The number of hydrogen-bond acceptors (Lipinski definition) is 3. The molecule has 0 aliphatic carbocycles. The zero-order chi connectivity index (χ0) is 13.1. The van der Waals surface area contributed by atoms with E-state index in [1.807, 2.05) is 0 Å². The molecule has 1 atom stereocenters. The van der Waals surface area contributed by atoms with E-state index in [1.165, 1.54) is 24.4 Å². The van der Waals surface area contributed by atoms with E-state index >= 15 is 0 Å². The number of nitrogens with two attached hydrogens (primary N) is 1. The van der Waals surface area contributed by atoms with Crippen LogP contribution in [0.15, 0.2) is 41.1 Å². The summed E-state index contributed by atoms with van der Waals surface area (Å²) in [6.45, 7) is 0. The lowest BCUT2D eigenvalue weighted by atomic mass is 10.00. The van der Waals surface area contributed by atoms with Crippen LogP contribution in [0.4, 0.5) is 8.78 Å². The van der Waals surface area contributed by atoms with Crippen molar-refractivity contribution in [1.29, 1.82) is 0 Å². The molecule has 0 aliphatic rings. The summed E-state index contributed by atoms with van der Waals surface area (Å²) in [6, 6.07) is 5.15. The molecule has 0 amide bonds. The lowest BCUT2D eigenvalue weighted by molar-refractivity contribution is 0.551. The van der Waals surface area contributed by atoms with Crippen molar-refractivity contribution in [3.8, 4) is 0 Å². The van der Waals surface area contributed by atoms with Crippen LogP contribution in [0.5, 0.6) is 0 Å². The number of nitrogens with zero attached hydrogens (tertiary/aromatic N) is 1. The molecule has 0 aliphatic heterocycles. The van der Waals surface area contributed by atoms with Gasteiger partial charge in [-0.2, -0.15) is 0 Å². The van der Waals surface area contributed by atoms with Crippen molar-refractivity contribution in [2.45, 2.75) is 6.04 Å². The van der Waals surface area contributed by atoms with Gasteiger partial charge in [0.15, 0.2) is 0 Å². The van der Waals surface area contributed by atoms with Gasteiger partial charge in [-0.25, -0.2) is 14.2 Å². The van der Waals surface area contributed by atoms with Crippen molar-refractivity contribution < 1.29 is 8.78 Å². The van der Waals surface area contributed by atoms with E-state index in [2.05, 4.69) is 26.3 Å². The molecular weight excluding hydrogens is 304 g/mol. The van der Waals surface area contributed by atoms with Crippen LogP contribution in [-0.4, -0.2) is 4.98 Å². The van der Waals surface area contributed by atoms with Crippen molar-refractivity contribution >= 4 is 15.9 Å². The number of aromatic nitrogens is 1. The van der Waals surface area contributed by atoms with Crippen LogP contribution < -0.4 is 11.3 Å². The molecule has 1 aromatic carbocycles. The van der Waals surface area contributed by atoms with Gasteiger partial charge in [-0.3, -0.25) is 10.8 Å². The molecule has 0 saturated heterocycles. The summed E-state index contributed by atoms with van der Waals surface area (Å²) < 4.78 is 27.5. The normalized spacial score (nSPS) is 12.4. The standard InChI is InChI=1S/C12H10BrF2N3/c13-8-3-7(4-9(14)5-8)12(18-16)10-1-2-17-6-11(10)15/h1-6,12,18H,16H2. The Morgan fingerprint density at radius 2 is 2.06 bits per heavy atom. The summed E-state index contributed by atoms with van der Waals surface area (Å²) in [5.74, 6) is 4.51. The molecular formula is C12H10BrF2N3. The Labute approximate surface area is 111 Å². The van der Waals surface area contributed by atoms with Crippen LogP contribution in [0, 0.1) is 11.6 Å². The van der Waals surface area contributed by atoms with E-state index in [1.54, 1.807) is 6.07 Å². The van der Waals surface area contributed by atoms with E-state index in [0.29, 0.717) is 15.6 Å². The lowest BCUT2D eigenvalue weighted by Gasteiger charge is -2.17. The van der Waals surface area contributed by atoms with E-state index in [4.69, 9.17) is 5.84 Å². The number of hydrazine groups is 1. The predicted molar refractivity (Wildman–Crippen MR) is 67.5 cm³/mol. The minimum absolute atomic E-state index is 0.310. The topological polar surface area (TPSA) is 50.9 Å². The number of hydrogen-bond donors (Lipinski definition) is 2. The van der Waals surface area contributed by atoms with Gasteiger partial charge in [0.05, 0.1) is 12.2 Å². The summed E-state index contributed by atoms with van der Waals surface area (Å²) in [4.78, 5) is 3.66. The number of pyridine rings is 1. The third-order valence-electron chi connectivity index (χ3n) is 2.50. The highest BCUT2D eigenvalue weighted by Gasteiger charge is 2.17. The Bertz CT molecular complexity index is 543. The Balaban J connectivity index is 2.48. The quantitative estimate of drug-likeness (QED) is 0.676. The summed E-state index contributed by atoms with van der Waals surface area (Å²) in [7, 11) is 0.